The molecule has 4 rings (SSSR count). The second-order valence-corrected chi connectivity index (χ2v) is 8.79. The minimum Gasteiger partial charge on any atom is -0.493 e. The monoisotopic (exact) mass is 464 g/mol. The normalized spacial score (nSPS) is 18.3. The molecule has 2 aliphatic heterocycles. The van der Waals surface area contributed by atoms with Crippen molar-refractivity contribution >= 4 is 23.8 Å². The lowest BCUT2D eigenvalue weighted by atomic mass is 9.93. The molecule has 1 unspecified atom stereocenters. The van der Waals surface area contributed by atoms with Crippen molar-refractivity contribution < 1.29 is 19.1 Å². The molecule has 2 aliphatic rings. The molecular weight excluding hydrogens is 432 g/mol. The summed E-state index contributed by atoms with van der Waals surface area (Å²) >= 11 is 0. The Morgan fingerprint density at radius 2 is 1.91 bits per heavy atom. The number of benzene rings is 2. The van der Waals surface area contributed by atoms with Crippen LogP contribution in [0.1, 0.15) is 34.8 Å². The molecule has 1 N–H and O–H groups in total. The number of carbonyl (C=O) groups is 2. The van der Waals surface area contributed by atoms with Gasteiger partial charge in [-0.15, -0.1) is 0 Å². The Bertz CT molecular complexity index is 1030. The predicted octanol–water partition coefficient (Wildman–Crippen LogP) is 3.02. The fourth-order valence-corrected chi connectivity index (χ4v) is 4.10. The number of nitrogens with one attached hydrogen (secondary N) is 1. The highest BCUT2D eigenvalue weighted by Crippen LogP contribution is 2.30. The van der Waals surface area contributed by atoms with Crippen LogP contribution < -0.4 is 10.1 Å². The summed E-state index contributed by atoms with van der Waals surface area (Å²) in [7, 11) is 2.12. The fraction of sp³-hybridized carbons (Fsp3) is 0.423. The molecule has 0 radical (unpaired) electrons. The van der Waals surface area contributed by atoms with Crippen molar-refractivity contribution in [3.05, 3.63) is 59.2 Å². The zero-order valence-electron chi connectivity index (χ0n) is 19.8. The minimum absolute atomic E-state index is 0.0462. The third-order valence-electron chi connectivity index (χ3n) is 6.08. The van der Waals surface area contributed by atoms with Crippen molar-refractivity contribution in [2.75, 3.05) is 51.8 Å². The molecule has 8 heteroatoms. The number of ether oxygens (including phenoxy) is 2. The van der Waals surface area contributed by atoms with Gasteiger partial charge in [-0.05, 0) is 61.9 Å². The van der Waals surface area contributed by atoms with Crippen molar-refractivity contribution in [1.82, 2.24) is 9.91 Å². The maximum atomic E-state index is 12.8. The standard InChI is InChI=1S/C26H32N4O4/c1-3-33-25(31)15-20-14-22-16-21(6-9-24(22)34-18-20)26(32)28-23-7-4-19(5-8-23)17-27-30-12-10-29(2)11-13-30/h4-9,16-17,20H,3,10-15,18H2,1-2H3,(H,28,32)/b27-17+. The lowest BCUT2D eigenvalue weighted by Gasteiger charge is -2.30. The number of hydrogen-bond donors (Lipinski definition) is 1. The third kappa shape index (κ3) is 6.35. The second-order valence-electron chi connectivity index (χ2n) is 8.79. The number of likely N-dealkylation sites (N-methyl/N-ethyl adjacent to an activating group) is 1. The molecule has 34 heavy (non-hydrogen) atoms. The Morgan fingerprint density at radius 3 is 2.65 bits per heavy atom. The van der Waals surface area contributed by atoms with E-state index in [0.29, 0.717) is 31.6 Å². The van der Waals surface area contributed by atoms with Crippen LogP contribution in [0.2, 0.25) is 0 Å². The second kappa shape index (κ2) is 11.2. The van der Waals surface area contributed by atoms with Gasteiger partial charge in [-0.25, -0.2) is 0 Å². The Morgan fingerprint density at radius 1 is 1.15 bits per heavy atom. The van der Waals surface area contributed by atoms with Crippen molar-refractivity contribution in [2.24, 2.45) is 11.0 Å². The number of nitrogens with zero attached hydrogens (tertiary/aromatic N) is 3. The summed E-state index contributed by atoms with van der Waals surface area (Å²) in [5.41, 5.74) is 3.19. The van der Waals surface area contributed by atoms with Crippen molar-refractivity contribution in [3.8, 4) is 5.75 Å². The number of piperazine rings is 1. The Balaban J connectivity index is 1.33. The summed E-state index contributed by atoms with van der Waals surface area (Å²) in [6.45, 7) is 6.53. The van der Waals surface area contributed by atoms with Gasteiger partial charge in [0.15, 0.2) is 0 Å². The number of rotatable bonds is 7. The molecule has 0 saturated carbocycles. The zero-order chi connectivity index (χ0) is 23.9. The van der Waals surface area contributed by atoms with Crippen LogP contribution in [0.3, 0.4) is 0 Å². The molecule has 180 valence electrons. The van der Waals surface area contributed by atoms with Gasteiger partial charge >= 0.3 is 5.97 Å². The summed E-state index contributed by atoms with van der Waals surface area (Å²) in [5, 5.41) is 9.58. The SMILES string of the molecule is CCOC(=O)CC1COc2ccc(C(=O)Nc3ccc(/C=N/N4CCN(C)CC4)cc3)cc2C1. The largest absolute Gasteiger partial charge is 0.493 e. The molecule has 1 fully saturated rings. The average molecular weight is 465 g/mol. The average Bonchev–Trinajstić information content (AvgIpc) is 2.84. The quantitative estimate of drug-likeness (QED) is 0.501. The smallest absolute Gasteiger partial charge is 0.306 e. The number of fused-ring (bicyclic) bond motifs is 1. The number of anilines is 1. The van der Waals surface area contributed by atoms with Gasteiger partial charge in [0.2, 0.25) is 0 Å². The molecule has 8 nitrogen and oxygen atoms in total. The maximum absolute atomic E-state index is 12.8. The number of hydrazone groups is 1. The first-order valence-electron chi connectivity index (χ1n) is 11.8. The Hall–Kier alpha value is -3.39. The van der Waals surface area contributed by atoms with Crippen molar-refractivity contribution in [2.45, 2.75) is 19.8 Å². The van der Waals surface area contributed by atoms with Gasteiger partial charge in [0.25, 0.3) is 5.91 Å². The van der Waals surface area contributed by atoms with E-state index in [9.17, 15) is 9.59 Å². The lowest BCUT2D eigenvalue weighted by molar-refractivity contribution is -0.144. The van der Waals surface area contributed by atoms with Crippen LogP contribution >= 0.6 is 0 Å². The number of esters is 1. The van der Waals surface area contributed by atoms with Crippen LogP contribution in [0.4, 0.5) is 5.69 Å². The van der Waals surface area contributed by atoms with E-state index in [1.165, 1.54) is 0 Å². The molecule has 0 spiro atoms. The first kappa shape index (κ1) is 23.8. The molecule has 2 heterocycles. The van der Waals surface area contributed by atoms with Gasteiger partial charge in [-0.3, -0.25) is 14.6 Å². The minimum atomic E-state index is -0.217. The molecule has 1 amide bonds. The van der Waals surface area contributed by atoms with Gasteiger partial charge in [0.1, 0.15) is 5.75 Å². The lowest BCUT2D eigenvalue weighted by Crippen LogP contribution is -2.41. The van der Waals surface area contributed by atoms with E-state index >= 15 is 0 Å². The molecular formula is C26H32N4O4. The van der Waals surface area contributed by atoms with Gasteiger partial charge in [-0.2, -0.15) is 5.10 Å². The van der Waals surface area contributed by atoms with Gasteiger partial charge in [0, 0.05) is 43.3 Å². The molecule has 0 aliphatic carbocycles. The van der Waals surface area contributed by atoms with E-state index in [0.717, 1.165) is 48.7 Å². The topological polar surface area (TPSA) is 83.5 Å². The summed E-state index contributed by atoms with van der Waals surface area (Å²) in [6, 6.07) is 13.1. The van der Waals surface area contributed by atoms with Crippen LogP contribution in [0.5, 0.6) is 5.75 Å². The number of hydrogen-bond acceptors (Lipinski definition) is 7. The van der Waals surface area contributed by atoms with E-state index in [1.807, 2.05) is 42.6 Å². The highest BCUT2D eigenvalue weighted by atomic mass is 16.5. The molecule has 2 aromatic carbocycles. The maximum Gasteiger partial charge on any atom is 0.306 e. The molecule has 0 aromatic heterocycles. The number of carbonyl (C=O) groups excluding carboxylic acids is 2. The predicted molar refractivity (Wildman–Crippen MR) is 131 cm³/mol. The van der Waals surface area contributed by atoms with Crippen molar-refractivity contribution in [1.29, 1.82) is 0 Å². The molecule has 2 aromatic rings. The first-order chi connectivity index (χ1) is 16.5. The summed E-state index contributed by atoms with van der Waals surface area (Å²) in [6.07, 6.45) is 2.85. The van der Waals surface area contributed by atoms with Crippen LogP contribution in [0.25, 0.3) is 0 Å². The van der Waals surface area contributed by atoms with Crippen molar-refractivity contribution in [3.63, 3.8) is 0 Å². The van der Waals surface area contributed by atoms with Crippen LogP contribution in [0.15, 0.2) is 47.6 Å². The highest BCUT2D eigenvalue weighted by Gasteiger charge is 2.24. The molecule has 0 bridgehead atoms. The summed E-state index contributed by atoms with van der Waals surface area (Å²) in [4.78, 5) is 26.9. The highest BCUT2D eigenvalue weighted by molar-refractivity contribution is 6.04. The van der Waals surface area contributed by atoms with Gasteiger partial charge < -0.3 is 19.7 Å². The van der Waals surface area contributed by atoms with E-state index < -0.39 is 0 Å². The van der Waals surface area contributed by atoms with Crippen LogP contribution in [-0.2, 0) is 16.0 Å². The van der Waals surface area contributed by atoms with Gasteiger partial charge in [-0.1, -0.05) is 12.1 Å². The Kier molecular flexibility index (Phi) is 7.80. The summed E-state index contributed by atoms with van der Waals surface area (Å²) < 4.78 is 10.8. The van der Waals surface area contributed by atoms with E-state index in [2.05, 4.69) is 27.4 Å². The van der Waals surface area contributed by atoms with E-state index in [-0.39, 0.29) is 17.8 Å². The first-order valence-corrected chi connectivity index (χ1v) is 11.8. The van der Waals surface area contributed by atoms with Crippen LogP contribution in [0, 0.1) is 5.92 Å². The van der Waals surface area contributed by atoms with Gasteiger partial charge in [0.05, 0.1) is 25.8 Å². The third-order valence-corrected chi connectivity index (χ3v) is 6.08. The number of amides is 1. The molecule has 1 atom stereocenters. The molecule has 1 saturated heterocycles. The summed E-state index contributed by atoms with van der Waals surface area (Å²) in [5.74, 6) is 0.408. The van der Waals surface area contributed by atoms with Crippen LogP contribution in [-0.4, -0.2) is 74.4 Å². The Labute approximate surface area is 200 Å². The van der Waals surface area contributed by atoms with E-state index in [1.54, 1.807) is 13.0 Å². The zero-order valence-corrected chi connectivity index (χ0v) is 19.8. The van der Waals surface area contributed by atoms with E-state index in [4.69, 9.17) is 9.47 Å². The fourth-order valence-electron chi connectivity index (χ4n) is 4.10.